The third-order valence-corrected chi connectivity index (χ3v) is 4.16. The average Bonchev–Trinajstić information content (AvgIpc) is 2.72. The first-order valence-corrected chi connectivity index (χ1v) is 8.72. The van der Waals surface area contributed by atoms with Gasteiger partial charge in [-0.3, -0.25) is 0 Å². The average molecular weight is 358 g/mol. The van der Waals surface area contributed by atoms with E-state index in [4.69, 9.17) is 10.1 Å². The fourth-order valence-electron chi connectivity index (χ4n) is 2.67. The lowest BCUT2D eigenvalue weighted by atomic mass is 9.89. The van der Waals surface area contributed by atoms with E-state index in [9.17, 15) is 4.79 Å². The van der Waals surface area contributed by atoms with E-state index in [2.05, 4.69) is 17.8 Å². The highest BCUT2D eigenvalue weighted by atomic mass is 16.7. The first-order chi connectivity index (χ1) is 13.0. The number of hydrogen-bond acceptors (Lipinski definition) is 4. The van der Waals surface area contributed by atoms with Crippen molar-refractivity contribution in [3.05, 3.63) is 83.4 Å². The molecule has 0 amide bonds. The van der Waals surface area contributed by atoms with Crippen molar-refractivity contribution in [2.24, 2.45) is 5.16 Å². The number of hydrogen-bond donors (Lipinski definition) is 0. The van der Waals surface area contributed by atoms with Crippen LogP contribution in [0.15, 0.2) is 66.3 Å². The maximum absolute atomic E-state index is 11.4. The van der Waals surface area contributed by atoms with Crippen molar-refractivity contribution in [1.82, 2.24) is 0 Å². The van der Waals surface area contributed by atoms with Crippen LogP contribution in [0.4, 0.5) is 0 Å². The second kappa shape index (κ2) is 9.30. The summed E-state index contributed by atoms with van der Waals surface area (Å²) >= 11 is 0. The Hall–Kier alpha value is -3.45. The molecule has 27 heavy (non-hydrogen) atoms. The monoisotopic (exact) mass is 358 g/mol. The molecule has 0 heterocycles. The quantitative estimate of drug-likeness (QED) is 0.397. The lowest BCUT2D eigenvalue weighted by Gasteiger charge is -2.15. The van der Waals surface area contributed by atoms with Crippen LogP contribution in [0.25, 0.3) is 11.1 Å². The molecule has 0 aliphatic heterocycles. The van der Waals surface area contributed by atoms with Gasteiger partial charge in [-0.2, -0.15) is 5.26 Å². The first kappa shape index (κ1) is 19.9. The fourth-order valence-corrected chi connectivity index (χ4v) is 2.67. The molecule has 0 unspecified atom stereocenters. The Morgan fingerprint density at radius 3 is 2.37 bits per heavy atom. The van der Waals surface area contributed by atoms with Gasteiger partial charge in [0.05, 0.1) is 17.3 Å². The van der Waals surface area contributed by atoms with Crippen molar-refractivity contribution in [3.8, 4) is 6.07 Å². The van der Waals surface area contributed by atoms with Crippen molar-refractivity contribution >= 4 is 22.8 Å². The van der Waals surface area contributed by atoms with Crippen LogP contribution in [-0.4, -0.2) is 11.7 Å². The molecule has 2 aromatic rings. The molecule has 0 aliphatic carbocycles. The van der Waals surface area contributed by atoms with Crippen molar-refractivity contribution in [1.29, 1.82) is 5.26 Å². The molecular weight excluding hydrogens is 336 g/mol. The van der Waals surface area contributed by atoms with Crippen LogP contribution in [0.5, 0.6) is 0 Å². The van der Waals surface area contributed by atoms with Gasteiger partial charge in [-0.15, -0.1) is 0 Å². The summed E-state index contributed by atoms with van der Waals surface area (Å²) in [6, 6.07) is 17.3. The lowest BCUT2D eigenvalue weighted by Crippen LogP contribution is -2.04. The fraction of sp³-hybridized carbons (Fsp3) is 0.174. The molecule has 0 saturated carbocycles. The minimum atomic E-state index is -0.375. The van der Waals surface area contributed by atoms with Crippen molar-refractivity contribution in [2.45, 2.75) is 27.2 Å². The number of carbonyl (C=O) groups excluding carboxylic acids is 1. The van der Waals surface area contributed by atoms with E-state index in [0.717, 1.165) is 27.8 Å². The topological polar surface area (TPSA) is 62.4 Å². The number of carbonyl (C=O) groups is 1. The van der Waals surface area contributed by atoms with Crippen LogP contribution in [0.3, 0.4) is 0 Å². The third kappa shape index (κ3) is 4.80. The summed E-state index contributed by atoms with van der Waals surface area (Å²) in [5.41, 5.74) is 5.75. The van der Waals surface area contributed by atoms with Gasteiger partial charge in [0, 0.05) is 12.0 Å². The summed E-state index contributed by atoms with van der Waals surface area (Å²) in [7, 11) is 0. The zero-order valence-electron chi connectivity index (χ0n) is 15.8. The van der Waals surface area contributed by atoms with E-state index in [1.54, 1.807) is 26.0 Å². The summed E-state index contributed by atoms with van der Waals surface area (Å²) in [6.07, 6.45) is 2.21. The SMILES string of the molecule is C=C(c1ccc(C#N)cc1)c1ccccc1C(=C\C)/C(C)=N/OC(=O)CC. The van der Waals surface area contributed by atoms with Crippen molar-refractivity contribution in [2.75, 3.05) is 0 Å². The molecule has 2 rings (SSSR count). The number of allylic oxidation sites excluding steroid dienone is 2. The van der Waals surface area contributed by atoms with Crippen LogP contribution < -0.4 is 0 Å². The Balaban J connectivity index is 2.42. The van der Waals surface area contributed by atoms with Gasteiger partial charge in [0.15, 0.2) is 0 Å². The third-order valence-electron chi connectivity index (χ3n) is 4.16. The molecule has 0 N–H and O–H groups in total. The molecule has 0 atom stereocenters. The number of nitriles is 1. The molecule has 0 saturated heterocycles. The number of oxime groups is 1. The number of benzene rings is 2. The van der Waals surface area contributed by atoms with Gasteiger partial charge in [-0.1, -0.05) is 61.1 Å². The Labute approximate surface area is 160 Å². The molecular formula is C23H22N2O2. The summed E-state index contributed by atoms with van der Waals surface area (Å²) < 4.78 is 0. The van der Waals surface area contributed by atoms with E-state index >= 15 is 0 Å². The van der Waals surface area contributed by atoms with Crippen LogP contribution in [-0.2, 0) is 9.63 Å². The Morgan fingerprint density at radius 2 is 1.81 bits per heavy atom. The maximum atomic E-state index is 11.4. The van der Waals surface area contributed by atoms with E-state index < -0.39 is 0 Å². The second-order valence-electron chi connectivity index (χ2n) is 5.91. The highest BCUT2D eigenvalue weighted by molar-refractivity contribution is 6.23. The predicted octanol–water partition coefficient (Wildman–Crippen LogP) is 5.35. The van der Waals surface area contributed by atoms with Gasteiger partial charge in [-0.05, 0) is 48.2 Å². The Kier molecular flexibility index (Phi) is 6.85. The Morgan fingerprint density at radius 1 is 1.19 bits per heavy atom. The molecule has 136 valence electrons. The van der Waals surface area contributed by atoms with Gasteiger partial charge in [-0.25, -0.2) is 4.79 Å². The molecule has 0 aliphatic rings. The molecule has 0 radical (unpaired) electrons. The maximum Gasteiger partial charge on any atom is 0.334 e. The zero-order chi connectivity index (χ0) is 19.8. The largest absolute Gasteiger partial charge is 0.334 e. The number of rotatable bonds is 6. The molecule has 0 aromatic heterocycles. The van der Waals surface area contributed by atoms with Gasteiger partial charge in [0.1, 0.15) is 0 Å². The van der Waals surface area contributed by atoms with Crippen LogP contribution >= 0.6 is 0 Å². The highest BCUT2D eigenvalue weighted by Crippen LogP contribution is 2.30. The standard InChI is InChI=1S/C23H22N2O2/c1-5-20(17(4)25-27-23(26)6-2)22-10-8-7-9-21(22)16(3)19-13-11-18(15-24)12-14-19/h5,7-14H,3,6H2,1-2,4H3/b20-5-,25-17+. The van der Waals surface area contributed by atoms with E-state index in [1.807, 2.05) is 49.4 Å². The molecule has 0 spiro atoms. The molecule has 4 heteroatoms. The summed E-state index contributed by atoms with van der Waals surface area (Å²) in [6.45, 7) is 9.68. The normalized spacial score (nSPS) is 11.6. The first-order valence-electron chi connectivity index (χ1n) is 8.72. The van der Waals surface area contributed by atoms with Gasteiger partial charge >= 0.3 is 5.97 Å². The van der Waals surface area contributed by atoms with Crippen LogP contribution in [0.1, 0.15) is 49.4 Å². The van der Waals surface area contributed by atoms with Crippen LogP contribution in [0.2, 0.25) is 0 Å². The summed E-state index contributed by atoms with van der Waals surface area (Å²) in [5.74, 6) is -0.375. The summed E-state index contributed by atoms with van der Waals surface area (Å²) in [4.78, 5) is 16.3. The van der Waals surface area contributed by atoms with Crippen LogP contribution in [0, 0.1) is 11.3 Å². The van der Waals surface area contributed by atoms with E-state index in [0.29, 0.717) is 11.3 Å². The molecule has 4 nitrogen and oxygen atoms in total. The lowest BCUT2D eigenvalue weighted by molar-refractivity contribution is -0.143. The molecule has 0 bridgehead atoms. The molecule has 2 aromatic carbocycles. The summed E-state index contributed by atoms with van der Waals surface area (Å²) in [5, 5.41) is 12.9. The minimum absolute atomic E-state index is 0.272. The second-order valence-corrected chi connectivity index (χ2v) is 5.91. The van der Waals surface area contributed by atoms with Gasteiger partial charge in [0.25, 0.3) is 0 Å². The molecule has 0 fully saturated rings. The van der Waals surface area contributed by atoms with E-state index in [1.165, 1.54) is 0 Å². The number of nitrogens with zero attached hydrogens (tertiary/aromatic N) is 2. The van der Waals surface area contributed by atoms with Crippen molar-refractivity contribution < 1.29 is 9.63 Å². The van der Waals surface area contributed by atoms with Gasteiger partial charge < -0.3 is 4.84 Å². The van der Waals surface area contributed by atoms with Gasteiger partial charge in [0.2, 0.25) is 0 Å². The minimum Gasteiger partial charge on any atom is -0.318 e. The Bertz CT molecular complexity index is 945. The predicted molar refractivity (Wildman–Crippen MR) is 109 cm³/mol. The highest BCUT2D eigenvalue weighted by Gasteiger charge is 2.14. The zero-order valence-corrected chi connectivity index (χ0v) is 15.8. The van der Waals surface area contributed by atoms with Crippen molar-refractivity contribution in [3.63, 3.8) is 0 Å². The van der Waals surface area contributed by atoms with E-state index in [-0.39, 0.29) is 12.4 Å². The smallest absolute Gasteiger partial charge is 0.318 e.